The molecule has 0 spiro atoms. The third kappa shape index (κ3) is 4.67. The van der Waals surface area contributed by atoms with Crippen LogP contribution < -0.4 is 0 Å². The molecule has 0 saturated heterocycles. The van der Waals surface area contributed by atoms with Crippen molar-refractivity contribution in [1.82, 2.24) is 4.98 Å². The van der Waals surface area contributed by atoms with E-state index in [1.807, 2.05) is 12.3 Å². The van der Waals surface area contributed by atoms with Gasteiger partial charge in [0.25, 0.3) is 0 Å². The van der Waals surface area contributed by atoms with Gasteiger partial charge in [-0.3, -0.25) is 4.98 Å². The smallest absolute Gasteiger partial charge is 0.0355 e. The van der Waals surface area contributed by atoms with Crippen LogP contribution in [0.25, 0.3) is 0 Å². The number of aromatic nitrogens is 1. The maximum absolute atomic E-state index is 4.04. The normalized spacial score (nSPS) is 10.5. The first-order chi connectivity index (χ1) is 6.58. The lowest BCUT2D eigenvalue weighted by atomic mass is 9.93. The Morgan fingerprint density at radius 1 is 1.29 bits per heavy atom. The molecular weight excluding hydrogens is 170 g/mol. The first-order valence-corrected chi connectivity index (χ1v) is 4.92. The van der Waals surface area contributed by atoms with Gasteiger partial charge >= 0.3 is 0 Å². The largest absolute Gasteiger partial charge is 0.264 e. The fourth-order valence-electron chi connectivity index (χ4n) is 0.995. The summed E-state index contributed by atoms with van der Waals surface area (Å²) in [6.45, 7) is 6.60. The fourth-order valence-corrected chi connectivity index (χ4v) is 0.995. The van der Waals surface area contributed by atoms with Crippen LogP contribution in [0.4, 0.5) is 0 Å². The van der Waals surface area contributed by atoms with E-state index in [4.69, 9.17) is 0 Å². The average Bonchev–Trinajstić information content (AvgIpc) is 2.13. The molecule has 0 atom stereocenters. The fraction of sp³-hybridized carbons (Fsp3) is 0.462. The van der Waals surface area contributed by atoms with Gasteiger partial charge in [-0.1, -0.05) is 32.8 Å². The summed E-state index contributed by atoms with van der Waals surface area (Å²) >= 11 is 0. The van der Waals surface area contributed by atoms with Crippen LogP contribution in [0.15, 0.2) is 24.5 Å². The minimum atomic E-state index is 0.307. The summed E-state index contributed by atoms with van der Waals surface area (Å²) in [5.74, 6) is 6.36. The van der Waals surface area contributed by atoms with Crippen molar-refractivity contribution >= 4 is 0 Å². The highest BCUT2D eigenvalue weighted by Crippen LogP contribution is 2.16. The molecule has 1 heteroatoms. The highest BCUT2D eigenvalue weighted by Gasteiger charge is 2.06. The molecule has 14 heavy (non-hydrogen) atoms. The van der Waals surface area contributed by atoms with Gasteiger partial charge in [0.05, 0.1) is 0 Å². The molecule has 0 aliphatic heterocycles. The number of hydrogen-bond donors (Lipinski definition) is 0. The molecule has 0 aliphatic rings. The topological polar surface area (TPSA) is 12.9 Å². The van der Waals surface area contributed by atoms with Crippen LogP contribution in [0.5, 0.6) is 0 Å². The highest BCUT2D eigenvalue weighted by atomic mass is 14.6. The molecule has 1 rings (SSSR count). The lowest BCUT2D eigenvalue weighted by Gasteiger charge is -2.12. The first kappa shape index (κ1) is 10.8. The van der Waals surface area contributed by atoms with E-state index in [0.717, 1.165) is 12.8 Å². The molecule has 0 aliphatic carbocycles. The molecule has 1 heterocycles. The van der Waals surface area contributed by atoms with E-state index in [1.165, 1.54) is 5.56 Å². The van der Waals surface area contributed by atoms with Gasteiger partial charge < -0.3 is 0 Å². The Labute approximate surface area is 86.6 Å². The summed E-state index contributed by atoms with van der Waals surface area (Å²) in [4.78, 5) is 4.04. The van der Waals surface area contributed by atoms with Crippen LogP contribution in [0.1, 0.15) is 32.8 Å². The summed E-state index contributed by atoms with van der Waals surface area (Å²) in [6, 6.07) is 4.00. The van der Waals surface area contributed by atoms with Crippen LogP contribution in [-0.4, -0.2) is 4.98 Å². The predicted molar refractivity (Wildman–Crippen MR) is 59.8 cm³/mol. The van der Waals surface area contributed by atoms with Crippen LogP contribution >= 0.6 is 0 Å². The van der Waals surface area contributed by atoms with Gasteiger partial charge in [-0.05, 0) is 17.0 Å². The van der Waals surface area contributed by atoms with Gasteiger partial charge in [-0.15, -0.1) is 5.92 Å². The second-order valence-electron chi connectivity index (χ2n) is 4.63. The summed E-state index contributed by atoms with van der Waals surface area (Å²) < 4.78 is 0. The van der Waals surface area contributed by atoms with Gasteiger partial charge in [0, 0.05) is 25.2 Å². The lowest BCUT2D eigenvalue weighted by molar-refractivity contribution is 0.428. The molecule has 0 aromatic carbocycles. The average molecular weight is 187 g/mol. The zero-order valence-corrected chi connectivity index (χ0v) is 9.17. The Kier molecular flexibility index (Phi) is 3.71. The van der Waals surface area contributed by atoms with Crippen LogP contribution in [0.2, 0.25) is 0 Å². The molecule has 1 aromatic heterocycles. The Bertz CT molecular complexity index is 322. The van der Waals surface area contributed by atoms with Crippen molar-refractivity contribution in [3.05, 3.63) is 30.1 Å². The second-order valence-corrected chi connectivity index (χ2v) is 4.63. The number of hydrogen-bond acceptors (Lipinski definition) is 1. The molecular formula is C13H17N. The van der Waals surface area contributed by atoms with E-state index < -0.39 is 0 Å². The van der Waals surface area contributed by atoms with Gasteiger partial charge in [0.2, 0.25) is 0 Å². The van der Waals surface area contributed by atoms with Crippen molar-refractivity contribution < 1.29 is 0 Å². The summed E-state index contributed by atoms with van der Waals surface area (Å²) in [5.41, 5.74) is 1.50. The van der Waals surface area contributed by atoms with E-state index in [-0.39, 0.29) is 0 Å². The van der Waals surface area contributed by atoms with E-state index in [2.05, 4.69) is 43.7 Å². The Balaban J connectivity index is 2.41. The van der Waals surface area contributed by atoms with E-state index in [0.29, 0.717) is 5.41 Å². The predicted octanol–water partition coefficient (Wildman–Crippen LogP) is 3.06. The Hall–Kier alpha value is -1.29. The molecule has 0 N–H and O–H groups in total. The Morgan fingerprint density at radius 3 is 2.64 bits per heavy atom. The van der Waals surface area contributed by atoms with E-state index in [9.17, 15) is 0 Å². The summed E-state index contributed by atoms with van der Waals surface area (Å²) in [6.07, 6.45) is 5.41. The lowest BCUT2D eigenvalue weighted by Crippen LogP contribution is -2.02. The third-order valence-electron chi connectivity index (χ3n) is 1.76. The molecule has 0 saturated carbocycles. The van der Waals surface area contributed by atoms with Crippen molar-refractivity contribution in [2.24, 2.45) is 5.41 Å². The maximum atomic E-state index is 4.04. The second kappa shape index (κ2) is 4.81. The molecule has 1 nitrogen and oxygen atoms in total. The molecule has 0 fully saturated rings. The molecule has 0 bridgehead atoms. The molecule has 0 amide bonds. The third-order valence-corrected chi connectivity index (χ3v) is 1.76. The number of rotatable bonds is 1. The number of nitrogens with zero attached hydrogens (tertiary/aromatic N) is 1. The monoisotopic (exact) mass is 187 g/mol. The minimum absolute atomic E-state index is 0.307. The summed E-state index contributed by atoms with van der Waals surface area (Å²) in [5, 5.41) is 0. The SMILES string of the molecule is CC(C)(C)CC#CCc1cccnc1. The minimum Gasteiger partial charge on any atom is -0.264 e. The standard InChI is InChI=1S/C13H17N/c1-13(2,3)9-5-4-7-12-8-6-10-14-11-12/h6,8,10-11H,7,9H2,1-3H3. The van der Waals surface area contributed by atoms with Crippen LogP contribution in [0.3, 0.4) is 0 Å². The quantitative estimate of drug-likeness (QED) is 0.616. The van der Waals surface area contributed by atoms with Gasteiger partial charge in [-0.25, -0.2) is 0 Å². The van der Waals surface area contributed by atoms with Crippen molar-refractivity contribution in [2.45, 2.75) is 33.6 Å². The van der Waals surface area contributed by atoms with Gasteiger partial charge in [0.1, 0.15) is 0 Å². The van der Waals surface area contributed by atoms with Gasteiger partial charge in [0.15, 0.2) is 0 Å². The van der Waals surface area contributed by atoms with Crippen molar-refractivity contribution in [2.75, 3.05) is 0 Å². The van der Waals surface area contributed by atoms with Crippen molar-refractivity contribution in [1.29, 1.82) is 0 Å². The molecule has 0 unspecified atom stereocenters. The zero-order valence-electron chi connectivity index (χ0n) is 9.17. The van der Waals surface area contributed by atoms with Crippen molar-refractivity contribution in [3.8, 4) is 11.8 Å². The zero-order chi connectivity index (χ0) is 10.4. The highest BCUT2D eigenvalue weighted by molar-refractivity contribution is 5.17. The number of pyridine rings is 1. The van der Waals surface area contributed by atoms with Crippen LogP contribution in [0, 0.1) is 17.3 Å². The first-order valence-electron chi connectivity index (χ1n) is 4.92. The van der Waals surface area contributed by atoms with Crippen molar-refractivity contribution in [3.63, 3.8) is 0 Å². The van der Waals surface area contributed by atoms with Crippen LogP contribution in [-0.2, 0) is 6.42 Å². The maximum Gasteiger partial charge on any atom is 0.0355 e. The molecule has 74 valence electrons. The molecule has 0 radical (unpaired) electrons. The van der Waals surface area contributed by atoms with E-state index in [1.54, 1.807) is 6.20 Å². The van der Waals surface area contributed by atoms with E-state index >= 15 is 0 Å². The van der Waals surface area contributed by atoms with Gasteiger partial charge in [-0.2, -0.15) is 0 Å². The Morgan fingerprint density at radius 2 is 2.07 bits per heavy atom. The summed E-state index contributed by atoms with van der Waals surface area (Å²) in [7, 11) is 0. The molecule has 1 aromatic rings.